The quantitative estimate of drug-likeness (QED) is 0.496. The number of carbonyl (C=O) groups is 1. The van der Waals surface area contributed by atoms with Gasteiger partial charge in [0.05, 0.1) is 5.56 Å². The number of hydrogen-bond acceptors (Lipinski definition) is 3. The molecule has 0 aromatic heterocycles. The number of amidine groups is 1. The van der Waals surface area contributed by atoms with E-state index < -0.39 is 24.3 Å². The molecule has 0 aliphatic heterocycles. The van der Waals surface area contributed by atoms with Crippen LogP contribution in [0.2, 0.25) is 0 Å². The number of anilines is 1. The topological polar surface area (TPSA) is 76.7 Å². The highest BCUT2D eigenvalue weighted by Gasteiger charge is 2.30. The molecule has 0 heterocycles. The van der Waals surface area contributed by atoms with E-state index in [2.05, 4.69) is 15.3 Å². The van der Waals surface area contributed by atoms with Crippen molar-refractivity contribution in [2.45, 2.75) is 19.5 Å². The summed E-state index contributed by atoms with van der Waals surface area (Å²) in [5.74, 6) is -0.408. The van der Waals surface area contributed by atoms with E-state index in [1.807, 2.05) is 0 Å². The summed E-state index contributed by atoms with van der Waals surface area (Å²) in [6, 6.07) is 4.29. The molecule has 0 radical (unpaired) electrons. The van der Waals surface area contributed by atoms with Gasteiger partial charge in [0.15, 0.2) is 6.61 Å². The molecule has 8 heteroatoms. The highest BCUT2D eigenvalue weighted by molar-refractivity contribution is 5.91. The molecule has 0 fully saturated rings. The molecule has 0 spiro atoms. The summed E-state index contributed by atoms with van der Waals surface area (Å²) >= 11 is 0. The zero-order valence-corrected chi connectivity index (χ0v) is 10.7. The molecular weight excluding hydrogens is 275 g/mol. The molecule has 110 valence electrons. The van der Waals surface area contributed by atoms with E-state index >= 15 is 0 Å². The van der Waals surface area contributed by atoms with Crippen molar-refractivity contribution in [1.29, 1.82) is 0 Å². The number of carbonyl (C=O) groups excluding carboxylic acids is 1. The lowest BCUT2D eigenvalue weighted by molar-refractivity contribution is -0.137. The van der Waals surface area contributed by atoms with E-state index in [-0.39, 0.29) is 11.5 Å². The molecule has 1 aromatic rings. The van der Waals surface area contributed by atoms with Gasteiger partial charge < -0.3 is 15.9 Å². The minimum absolute atomic E-state index is 0.0286. The molecular formula is C12H14F3N3O2. The zero-order chi connectivity index (χ0) is 15.2. The van der Waals surface area contributed by atoms with Crippen LogP contribution in [0.1, 0.15) is 18.9 Å². The average molecular weight is 289 g/mol. The Labute approximate surface area is 113 Å². The van der Waals surface area contributed by atoms with E-state index in [9.17, 15) is 18.0 Å². The molecule has 0 saturated heterocycles. The maximum Gasteiger partial charge on any atom is 0.416 e. The largest absolute Gasteiger partial charge is 0.416 e. The second-order valence-corrected chi connectivity index (χ2v) is 3.84. The van der Waals surface area contributed by atoms with Crippen LogP contribution < -0.4 is 11.1 Å². The first-order valence-electron chi connectivity index (χ1n) is 5.74. The van der Waals surface area contributed by atoms with Gasteiger partial charge in [-0.05, 0) is 18.2 Å². The van der Waals surface area contributed by atoms with Crippen LogP contribution in [0.4, 0.5) is 18.9 Å². The van der Waals surface area contributed by atoms with Gasteiger partial charge in [-0.15, -0.1) is 0 Å². The number of nitrogens with zero attached hydrogens (tertiary/aromatic N) is 1. The number of amides is 1. The first kappa shape index (κ1) is 15.8. The molecule has 0 saturated carbocycles. The Kier molecular flexibility index (Phi) is 5.36. The summed E-state index contributed by atoms with van der Waals surface area (Å²) in [5, 5.41) is 5.71. The van der Waals surface area contributed by atoms with Crippen LogP contribution in [0, 0.1) is 0 Å². The Morgan fingerprint density at radius 3 is 2.75 bits per heavy atom. The maximum atomic E-state index is 12.5. The molecule has 1 amide bonds. The first-order chi connectivity index (χ1) is 9.32. The molecule has 0 atom stereocenters. The van der Waals surface area contributed by atoms with Crippen molar-refractivity contribution < 1.29 is 22.8 Å². The van der Waals surface area contributed by atoms with Crippen molar-refractivity contribution in [2.24, 2.45) is 10.9 Å². The predicted octanol–water partition coefficient (Wildman–Crippen LogP) is 2.34. The van der Waals surface area contributed by atoms with Crippen LogP contribution in [-0.4, -0.2) is 18.3 Å². The van der Waals surface area contributed by atoms with Crippen molar-refractivity contribution in [1.82, 2.24) is 0 Å². The predicted molar refractivity (Wildman–Crippen MR) is 67.9 cm³/mol. The number of nitrogens with two attached hydrogens (primary N) is 1. The van der Waals surface area contributed by atoms with E-state index in [1.54, 1.807) is 6.92 Å². The lowest BCUT2D eigenvalue weighted by Gasteiger charge is -2.09. The number of benzene rings is 1. The first-order valence-corrected chi connectivity index (χ1v) is 5.74. The molecule has 1 rings (SSSR count). The lowest BCUT2D eigenvalue weighted by atomic mass is 10.2. The normalized spacial score (nSPS) is 12.1. The fraction of sp³-hybridized carbons (Fsp3) is 0.333. The van der Waals surface area contributed by atoms with Crippen LogP contribution in [-0.2, 0) is 15.8 Å². The number of rotatable bonds is 5. The van der Waals surface area contributed by atoms with Gasteiger partial charge in [-0.25, -0.2) is 0 Å². The van der Waals surface area contributed by atoms with Crippen molar-refractivity contribution in [3.05, 3.63) is 29.8 Å². The van der Waals surface area contributed by atoms with Gasteiger partial charge in [-0.1, -0.05) is 18.1 Å². The summed E-state index contributed by atoms with van der Waals surface area (Å²) in [5.41, 5.74) is 4.53. The number of oxime groups is 1. The summed E-state index contributed by atoms with van der Waals surface area (Å²) in [6.07, 6.45) is -3.99. The van der Waals surface area contributed by atoms with Crippen LogP contribution in [0.5, 0.6) is 0 Å². The van der Waals surface area contributed by atoms with Crippen molar-refractivity contribution in [3.63, 3.8) is 0 Å². The van der Waals surface area contributed by atoms with Crippen molar-refractivity contribution in [2.75, 3.05) is 11.9 Å². The summed E-state index contributed by atoms with van der Waals surface area (Å²) in [4.78, 5) is 16.1. The highest BCUT2D eigenvalue weighted by Crippen LogP contribution is 2.30. The fourth-order valence-electron chi connectivity index (χ4n) is 1.21. The average Bonchev–Trinajstić information content (AvgIpc) is 2.37. The van der Waals surface area contributed by atoms with E-state index in [4.69, 9.17) is 5.73 Å². The molecule has 0 bridgehead atoms. The zero-order valence-electron chi connectivity index (χ0n) is 10.7. The summed E-state index contributed by atoms with van der Waals surface area (Å²) in [6.45, 7) is 1.32. The van der Waals surface area contributed by atoms with Gasteiger partial charge in [0.2, 0.25) is 0 Å². The molecule has 0 aliphatic carbocycles. The standard InChI is InChI=1S/C12H14F3N3O2/c1-2-10(16)18-20-7-11(19)17-9-5-3-4-8(6-9)12(13,14)15/h3-6H,2,7H2,1H3,(H2,16,18)(H,17,19). The van der Waals surface area contributed by atoms with E-state index in [1.165, 1.54) is 12.1 Å². The van der Waals surface area contributed by atoms with Crippen molar-refractivity contribution in [3.8, 4) is 0 Å². The molecule has 0 aliphatic rings. The Morgan fingerprint density at radius 1 is 1.45 bits per heavy atom. The second kappa shape index (κ2) is 6.78. The molecule has 20 heavy (non-hydrogen) atoms. The van der Waals surface area contributed by atoms with Crippen molar-refractivity contribution >= 4 is 17.4 Å². The molecule has 3 N–H and O–H groups in total. The maximum absolute atomic E-state index is 12.5. The van der Waals surface area contributed by atoms with Gasteiger partial charge in [-0.2, -0.15) is 13.2 Å². The number of halogens is 3. The SMILES string of the molecule is CC/C(N)=N\OCC(=O)Nc1cccc(C(F)(F)F)c1. The smallest absolute Gasteiger partial charge is 0.384 e. The third-order valence-corrected chi connectivity index (χ3v) is 2.21. The number of alkyl halides is 3. The minimum atomic E-state index is -4.46. The third kappa shape index (κ3) is 5.17. The Hall–Kier alpha value is -2.25. The summed E-state index contributed by atoms with van der Waals surface area (Å²) < 4.78 is 37.4. The molecule has 1 aromatic carbocycles. The van der Waals surface area contributed by atoms with Crippen LogP contribution >= 0.6 is 0 Å². The molecule has 5 nitrogen and oxygen atoms in total. The van der Waals surface area contributed by atoms with Crippen LogP contribution in [0.3, 0.4) is 0 Å². The molecule has 0 unspecified atom stereocenters. The van der Waals surface area contributed by atoms with Gasteiger partial charge in [0.1, 0.15) is 5.84 Å². The third-order valence-electron chi connectivity index (χ3n) is 2.21. The van der Waals surface area contributed by atoms with Gasteiger partial charge in [0, 0.05) is 12.1 Å². The number of nitrogens with one attached hydrogen (secondary N) is 1. The van der Waals surface area contributed by atoms with Crippen LogP contribution in [0.15, 0.2) is 29.4 Å². The monoisotopic (exact) mass is 289 g/mol. The Bertz CT molecular complexity index is 501. The second-order valence-electron chi connectivity index (χ2n) is 3.84. The highest BCUT2D eigenvalue weighted by atomic mass is 19.4. The van der Waals surface area contributed by atoms with Crippen LogP contribution in [0.25, 0.3) is 0 Å². The van der Waals surface area contributed by atoms with E-state index in [0.29, 0.717) is 6.42 Å². The summed E-state index contributed by atoms with van der Waals surface area (Å²) in [7, 11) is 0. The van der Waals surface area contributed by atoms with Gasteiger partial charge >= 0.3 is 6.18 Å². The number of hydrogen-bond donors (Lipinski definition) is 2. The Morgan fingerprint density at radius 2 is 2.15 bits per heavy atom. The van der Waals surface area contributed by atoms with Gasteiger partial charge in [-0.3, -0.25) is 4.79 Å². The minimum Gasteiger partial charge on any atom is -0.384 e. The van der Waals surface area contributed by atoms with E-state index in [0.717, 1.165) is 12.1 Å². The lowest BCUT2D eigenvalue weighted by Crippen LogP contribution is -2.19. The Balaban J connectivity index is 2.58. The fourth-order valence-corrected chi connectivity index (χ4v) is 1.21. The van der Waals surface area contributed by atoms with Gasteiger partial charge in [0.25, 0.3) is 5.91 Å².